The van der Waals surface area contributed by atoms with Crippen LogP contribution in [0, 0.1) is 0 Å². The smallest absolute Gasteiger partial charge is 0.238 e. The van der Waals surface area contributed by atoms with Crippen LogP contribution < -0.4 is 20.1 Å². The predicted octanol–water partition coefficient (Wildman–Crippen LogP) is 5.28. The van der Waals surface area contributed by atoms with Crippen LogP contribution in [-0.2, 0) is 4.79 Å². The lowest BCUT2D eigenvalue weighted by atomic mass is 10.0. The van der Waals surface area contributed by atoms with Gasteiger partial charge in [0.2, 0.25) is 12.3 Å². The first-order valence-electron chi connectivity index (χ1n) is 10.9. The van der Waals surface area contributed by atoms with Crippen molar-refractivity contribution in [1.82, 2.24) is 15.2 Å². The molecular formula is C25H25N5O3S. The summed E-state index contributed by atoms with van der Waals surface area (Å²) in [5.41, 5.74) is 4.86. The molecule has 0 radical (unpaired) electrons. The quantitative estimate of drug-likeness (QED) is 0.224. The van der Waals surface area contributed by atoms with E-state index in [-0.39, 0.29) is 0 Å². The number of H-pyrrole nitrogens is 1. The summed E-state index contributed by atoms with van der Waals surface area (Å²) in [4.78, 5) is 15.5. The Balaban J connectivity index is 1.39. The zero-order valence-corrected chi connectivity index (χ0v) is 19.9. The number of hydrogen-bond acceptors (Lipinski definition) is 7. The zero-order chi connectivity index (χ0) is 23.7. The van der Waals surface area contributed by atoms with Gasteiger partial charge < -0.3 is 20.1 Å². The standard InChI is InChI=1S/C25H25N5O3S/c1-32-15-5-7-20(26-13-31)19(11-15)18-12-17(18)14-4-6-16-22(10-14)29-30-24(16)27-21-8-9-23(34-3)28-25(21)33-2/h4-11,13,17-18H,12H2,1-3H3,(H,26,31)(H2,27,29,30). The van der Waals surface area contributed by atoms with Crippen LogP contribution in [0.3, 0.4) is 0 Å². The second-order valence-electron chi connectivity index (χ2n) is 8.08. The molecule has 3 N–H and O–H groups in total. The van der Waals surface area contributed by atoms with E-state index in [9.17, 15) is 4.79 Å². The Morgan fingerprint density at radius 3 is 2.68 bits per heavy atom. The monoisotopic (exact) mass is 475 g/mol. The molecule has 0 aliphatic heterocycles. The summed E-state index contributed by atoms with van der Waals surface area (Å²) >= 11 is 1.56. The first kappa shape index (κ1) is 22.1. The highest BCUT2D eigenvalue weighted by molar-refractivity contribution is 7.98. The Hall–Kier alpha value is -3.72. The third-order valence-electron chi connectivity index (χ3n) is 6.17. The molecular weight excluding hydrogens is 450 g/mol. The topological polar surface area (TPSA) is 101 Å². The maximum absolute atomic E-state index is 11.1. The van der Waals surface area contributed by atoms with Gasteiger partial charge in [0.05, 0.1) is 24.8 Å². The highest BCUT2D eigenvalue weighted by Crippen LogP contribution is 2.57. The molecule has 2 atom stereocenters. The molecule has 1 saturated carbocycles. The van der Waals surface area contributed by atoms with Gasteiger partial charge in [0.15, 0.2) is 5.82 Å². The van der Waals surface area contributed by atoms with Gasteiger partial charge in [-0.1, -0.05) is 6.07 Å². The Labute approximate surface area is 201 Å². The lowest BCUT2D eigenvalue weighted by Crippen LogP contribution is -1.99. The van der Waals surface area contributed by atoms with Gasteiger partial charge in [-0.25, -0.2) is 4.98 Å². The third kappa shape index (κ3) is 4.14. The lowest BCUT2D eigenvalue weighted by molar-refractivity contribution is -0.105. The average Bonchev–Trinajstić information content (AvgIpc) is 3.58. The molecule has 1 amide bonds. The van der Waals surface area contributed by atoms with E-state index >= 15 is 0 Å². The SMILES string of the molecule is COc1ccc(NC=O)c(C2CC2c2ccc3c(Nc4ccc(SC)nc4OC)n[nH]c3c2)c1. The fourth-order valence-corrected chi connectivity index (χ4v) is 4.73. The van der Waals surface area contributed by atoms with Crippen molar-refractivity contribution < 1.29 is 14.3 Å². The van der Waals surface area contributed by atoms with E-state index in [1.165, 1.54) is 5.56 Å². The summed E-state index contributed by atoms with van der Waals surface area (Å²) in [6.07, 6.45) is 3.70. The number of methoxy groups -OCH3 is 2. The average molecular weight is 476 g/mol. The van der Waals surface area contributed by atoms with Gasteiger partial charge in [0, 0.05) is 11.1 Å². The van der Waals surface area contributed by atoms with Gasteiger partial charge in [-0.2, -0.15) is 5.10 Å². The van der Waals surface area contributed by atoms with Gasteiger partial charge in [0.25, 0.3) is 0 Å². The van der Waals surface area contributed by atoms with E-state index < -0.39 is 0 Å². The number of carbonyl (C=O) groups is 1. The number of hydrogen-bond donors (Lipinski definition) is 3. The number of amides is 1. The van der Waals surface area contributed by atoms with Crippen molar-refractivity contribution in [3.8, 4) is 11.6 Å². The fourth-order valence-electron chi connectivity index (χ4n) is 4.36. The van der Waals surface area contributed by atoms with Crippen molar-refractivity contribution in [2.45, 2.75) is 23.3 Å². The molecule has 0 saturated heterocycles. The van der Waals surface area contributed by atoms with Crippen molar-refractivity contribution in [2.24, 2.45) is 0 Å². The van der Waals surface area contributed by atoms with Crippen molar-refractivity contribution >= 4 is 46.3 Å². The van der Waals surface area contributed by atoms with Gasteiger partial charge in [-0.3, -0.25) is 9.89 Å². The molecule has 2 heterocycles. The Bertz CT molecular complexity index is 1360. The molecule has 2 unspecified atom stereocenters. The van der Waals surface area contributed by atoms with Gasteiger partial charge in [-0.15, -0.1) is 11.8 Å². The van der Waals surface area contributed by atoms with Crippen LogP contribution in [0.5, 0.6) is 11.6 Å². The molecule has 2 aromatic heterocycles. The van der Waals surface area contributed by atoms with Gasteiger partial charge in [-0.05, 0) is 78.1 Å². The number of fused-ring (bicyclic) bond motifs is 1. The second-order valence-corrected chi connectivity index (χ2v) is 8.90. The van der Waals surface area contributed by atoms with E-state index in [0.29, 0.717) is 24.1 Å². The largest absolute Gasteiger partial charge is 0.497 e. The molecule has 9 heteroatoms. The van der Waals surface area contributed by atoms with E-state index in [2.05, 4.69) is 44.0 Å². The summed E-state index contributed by atoms with van der Waals surface area (Å²) in [6, 6.07) is 16.0. The van der Waals surface area contributed by atoms with Crippen LogP contribution in [0.2, 0.25) is 0 Å². The van der Waals surface area contributed by atoms with Crippen molar-refractivity contribution in [3.05, 3.63) is 59.7 Å². The molecule has 0 bridgehead atoms. The summed E-state index contributed by atoms with van der Waals surface area (Å²) in [6.45, 7) is 0. The van der Waals surface area contributed by atoms with Crippen LogP contribution >= 0.6 is 11.8 Å². The number of benzene rings is 2. The molecule has 8 nitrogen and oxygen atoms in total. The molecule has 1 fully saturated rings. The lowest BCUT2D eigenvalue weighted by Gasteiger charge is -2.11. The van der Waals surface area contributed by atoms with Crippen LogP contribution in [-0.4, -0.2) is 42.1 Å². The second kappa shape index (κ2) is 9.26. The Morgan fingerprint density at radius 2 is 1.91 bits per heavy atom. The number of ether oxygens (including phenoxy) is 2. The summed E-state index contributed by atoms with van der Waals surface area (Å²) in [5.74, 6) is 2.72. The molecule has 5 rings (SSSR count). The van der Waals surface area contributed by atoms with E-state index in [0.717, 1.165) is 50.9 Å². The first-order chi connectivity index (χ1) is 16.6. The van der Waals surface area contributed by atoms with E-state index in [1.807, 2.05) is 36.6 Å². The minimum atomic E-state index is 0.320. The normalized spacial score (nSPS) is 16.8. The van der Waals surface area contributed by atoms with Gasteiger partial charge in [0.1, 0.15) is 11.4 Å². The number of thioether (sulfide) groups is 1. The molecule has 1 aliphatic carbocycles. The van der Waals surface area contributed by atoms with Crippen LogP contribution in [0.15, 0.2) is 53.6 Å². The number of nitrogens with one attached hydrogen (secondary N) is 3. The molecule has 2 aromatic carbocycles. The van der Waals surface area contributed by atoms with Crippen molar-refractivity contribution in [1.29, 1.82) is 0 Å². The van der Waals surface area contributed by atoms with E-state index in [4.69, 9.17) is 9.47 Å². The summed E-state index contributed by atoms with van der Waals surface area (Å²) in [7, 11) is 3.26. The first-order valence-corrected chi connectivity index (χ1v) is 12.1. The number of carbonyl (C=O) groups excluding carboxylic acids is 1. The highest BCUT2D eigenvalue weighted by Gasteiger charge is 2.41. The fraction of sp³-hybridized carbons (Fsp3) is 0.240. The molecule has 34 heavy (non-hydrogen) atoms. The Kier molecular flexibility index (Phi) is 6.02. The van der Waals surface area contributed by atoms with Crippen LogP contribution in [0.25, 0.3) is 10.9 Å². The molecule has 1 aliphatic rings. The maximum atomic E-state index is 11.1. The van der Waals surface area contributed by atoms with Crippen LogP contribution in [0.1, 0.15) is 29.4 Å². The van der Waals surface area contributed by atoms with Crippen LogP contribution in [0.4, 0.5) is 17.2 Å². The third-order valence-corrected chi connectivity index (χ3v) is 6.81. The number of rotatable bonds is 9. The minimum absolute atomic E-state index is 0.320. The number of anilines is 3. The molecule has 4 aromatic rings. The van der Waals surface area contributed by atoms with Gasteiger partial charge >= 0.3 is 0 Å². The molecule has 0 spiro atoms. The highest BCUT2D eigenvalue weighted by atomic mass is 32.2. The number of aromatic nitrogens is 3. The zero-order valence-electron chi connectivity index (χ0n) is 19.1. The predicted molar refractivity (Wildman–Crippen MR) is 135 cm³/mol. The number of aromatic amines is 1. The Morgan fingerprint density at radius 1 is 1.06 bits per heavy atom. The number of nitrogens with zero attached hydrogens (tertiary/aromatic N) is 2. The van der Waals surface area contributed by atoms with E-state index in [1.54, 1.807) is 26.0 Å². The summed E-state index contributed by atoms with van der Waals surface area (Å²) < 4.78 is 10.8. The minimum Gasteiger partial charge on any atom is -0.497 e. The number of pyridine rings is 1. The van der Waals surface area contributed by atoms with Crippen molar-refractivity contribution in [2.75, 3.05) is 31.1 Å². The molecule has 174 valence electrons. The van der Waals surface area contributed by atoms with Crippen molar-refractivity contribution in [3.63, 3.8) is 0 Å². The maximum Gasteiger partial charge on any atom is 0.238 e. The summed E-state index contributed by atoms with van der Waals surface area (Å²) in [5, 5.41) is 15.6.